The quantitative estimate of drug-likeness (QED) is 0.752. The van der Waals surface area contributed by atoms with Crippen molar-refractivity contribution in [3.05, 3.63) is 35.9 Å². The van der Waals surface area contributed by atoms with Crippen molar-refractivity contribution in [1.82, 2.24) is 4.90 Å². The Labute approximate surface area is 121 Å². The number of benzene rings is 1. The molecule has 0 aliphatic heterocycles. The van der Waals surface area contributed by atoms with E-state index >= 15 is 0 Å². The number of carbonyl (C=O) groups is 1. The molecule has 1 amide bonds. The Balaban J connectivity index is 2.74. The third-order valence-corrected chi connectivity index (χ3v) is 3.36. The average molecular weight is 278 g/mol. The van der Waals surface area contributed by atoms with Crippen LogP contribution in [0.25, 0.3) is 0 Å². The molecule has 20 heavy (non-hydrogen) atoms. The van der Waals surface area contributed by atoms with Crippen LogP contribution in [-0.2, 0) is 16.1 Å². The van der Waals surface area contributed by atoms with Gasteiger partial charge in [0.2, 0.25) is 5.91 Å². The van der Waals surface area contributed by atoms with Crippen molar-refractivity contribution in [3.63, 3.8) is 0 Å². The summed E-state index contributed by atoms with van der Waals surface area (Å²) >= 11 is 0. The highest BCUT2D eigenvalue weighted by atomic mass is 16.5. The Morgan fingerprint density at radius 2 is 2.05 bits per heavy atom. The standard InChI is InChI=1S/C16H26N2O2/c1-3-7-15(12-17)16(19)18(10-11-20-2)13-14-8-5-4-6-9-14/h4-6,8-9,15H,3,7,10-13,17H2,1-2H3. The maximum Gasteiger partial charge on any atom is 0.227 e. The lowest BCUT2D eigenvalue weighted by Crippen LogP contribution is -2.40. The first kappa shape index (κ1) is 16.7. The summed E-state index contributed by atoms with van der Waals surface area (Å²) in [6, 6.07) is 10.0. The summed E-state index contributed by atoms with van der Waals surface area (Å²) < 4.78 is 5.11. The minimum atomic E-state index is -0.0828. The molecule has 0 saturated heterocycles. The number of carbonyl (C=O) groups excluding carboxylic acids is 1. The number of methoxy groups -OCH3 is 1. The second kappa shape index (κ2) is 9.50. The van der Waals surface area contributed by atoms with Gasteiger partial charge in [-0.2, -0.15) is 0 Å². The third kappa shape index (κ3) is 5.31. The molecule has 1 rings (SSSR count). The van der Waals surface area contributed by atoms with Gasteiger partial charge in [0.15, 0.2) is 0 Å². The van der Waals surface area contributed by atoms with Gasteiger partial charge in [-0.1, -0.05) is 43.7 Å². The Morgan fingerprint density at radius 3 is 2.60 bits per heavy atom. The van der Waals surface area contributed by atoms with Gasteiger partial charge in [0.1, 0.15) is 0 Å². The van der Waals surface area contributed by atoms with Crippen molar-refractivity contribution in [2.45, 2.75) is 26.3 Å². The van der Waals surface area contributed by atoms with Gasteiger partial charge in [-0.15, -0.1) is 0 Å². The summed E-state index contributed by atoms with van der Waals surface area (Å²) in [5.74, 6) is 0.0517. The first-order valence-electron chi connectivity index (χ1n) is 7.24. The highest BCUT2D eigenvalue weighted by Gasteiger charge is 2.22. The third-order valence-electron chi connectivity index (χ3n) is 3.36. The molecule has 0 heterocycles. The van der Waals surface area contributed by atoms with Crippen LogP contribution in [0.3, 0.4) is 0 Å². The summed E-state index contributed by atoms with van der Waals surface area (Å²) in [5, 5.41) is 0. The Bertz CT molecular complexity index is 381. The minimum Gasteiger partial charge on any atom is -0.383 e. The second-order valence-corrected chi connectivity index (χ2v) is 4.96. The number of ether oxygens (including phenoxy) is 1. The fraction of sp³-hybridized carbons (Fsp3) is 0.562. The van der Waals surface area contributed by atoms with Crippen LogP contribution in [0.4, 0.5) is 0 Å². The number of hydrogen-bond donors (Lipinski definition) is 1. The maximum absolute atomic E-state index is 12.6. The van der Waals surface area contributed by atoms with Gasteiger partial charge in [-0.3, -0.25) is 4.79 Å². The Morgan fingerprint density at radius 1 is 1.35 bits per heavy atom. The zero-order valence-electron chi connectivity index (χ0n) is 12.5. The number of hydrogen-bond acceptors (Lipinski definition) is 3. The topological polar surface area (TPSA) is 55.6 Å². The van der Waals surface area contributed by atoms with E-state index in [9.17, 15) is 4.79 Å². The normalized spacial score (nSPS) is 12.2. The molecule has 0 bridgehead atoms. The van der Waals surface area contributed by atoms with E-state index < -0.39 is 0 Å². The van der Waals surface area contributed by atoms with E-state index in [1.165, 1.54) is 0 Å². The fourth-order valence-corrected chi connectivity index (χ4v) is 2.22. The van der Waals surface area contributed by atoms with Crippen LogP contribution in [0.5, 0.6) is 0 Å². The largest absolute Gasteiger partial charge is 0.383 e. The highest BCUT2D eigenvalue weighted by molar-refractivity contribution is 5.79. The van der Waals surface area contributed by atoms with Gasteiger partial charge < -0.3 is 15.4 Å². The molecule has 1 aromatic rings. The molecule has 1 unspecified atom stereocenters. The molecule has 0 saturated carbocycles. The molecular weight excluding hydrogens is 252 g/mol. The van der Waals surface area contributed by atoms with Crippen LogP contribution in [0.15, 0.2) is 30.3 Å². The van der Waals surface area contributed by atoms with Crippen molar-refractivity contribution < 1.29 is 9.53 Å². The lowest BCUT2D eigenvalue weighted by molar-refractivity contribution is -0.136. The summed E-state index contributed by atoms with van der Waals surface area (Å²) in [6.07, 6.45) is 1.81. The molecule has 4 nitrogen and oxygen atoms in total. The number of amides is 1. The monoisotopic (exact) mass is 278 g/mol. The zero-order valence-corrected chi connectivity index (χ0v) is 12.5. The summed E-state index contributed by atoms with van der Waals surface area (Å²) in [6.45, 7) is 4.24. The van der Waals surface area contributed by atoms with Crippen LogP contribution in [-0.4, -0.2) is 37.6 Å². The molecule has 0 aliphatic rings. The van der Waals surface area contributed by atoms with E-state index in [4.69, 9.17) is 10.5 Å². The summed E-state index contributed by atoms with van der Waals surface area (Å²) in [7, 11) is 1.65. The zero-order chi connectivity index (χ0) is 14.8. The van der Waals surface area contributed by atoms with Crippen molar-refractivity contribution in [3.8, 4) is 0 Å². The number of nitrogens with zero attached hydrogens (tertiary/aromatic N) is 1. The predicted octanol–water partition coefficient (Wildman–Crippen LogP) is 2.04. The van der Waals surface area contributed by atoms with E-state index in [2.05, 4.69) is 6.92 Å². The van der Waals surface area contributed by atoms with Crippen molar-refractivity contribution in [2.24, 2.45) is 11.7 Å². The lowest BCUT2D eigenvalue weighted by atomic mass is 10.0. The molecule has 0 aromatic heterocycles. The first-order chi connectivity index (χ1) is 9.72. The van der Waals surface area contributed by atoms with E-state index in [0.717, 1.165) is 18.4 Å². The second-order valence-electron chi connectivity index (χ2n) is 4.96. The smallest absolute Gasteiger partial charge is 0.227 e. The number of rotatable bonds is 9. The fourth-order valence-electron chi connectivity index (χ4n) is 2.22. The van der Waals surface area contributed by atoms with Crippen molar-refractivity contribution >= 4 is 5.91 Å². The van der Waals surface area contributed by atoms with Gasteiger partial charge in [0.25, 0.3) is 0 Å². The Hall–Kier alpha value is -1.39. The molecule has 1 aromatic carbocycles. The van der Waals surface area contributed by atoms with Gasteiger partial charge in [0, 0.05) is 26.7 Å². The molecule has 112 valence electrons. The molecule has 0 radical (unpaired) electrons. The molecular formula is C16H26N2O2. The van der Waals surface area contributed by atoms with Crippen LogP contribution in [0, 0.1) is 5.92 Å². The van der Waals surface area contributed by atoms with E-state index in [-0.39, 0.29) is 11.8 Å². The highest BCUT2D eigenvalue weighted by Crippen LogP contribution is 2.12. The summed E-state index contributed by atoms with van der Waals surface area (Å²) in [4.78, 5) is 14.4. The van der Waals surface area contributed by atoms with Gasteiger partial charge >= 0.3 is 0 Å². The van der Waals surface area contributed by atoms with Gasteiger partial charge in [-0.25, -0.2) is 0 Å². The molecule has 1 atom stereocenters. The summed E-state index contributed by atoms with van der Waals surface area (Å²) in [5.41, 5.74) is 6.87. The van der Waals surface area contributed by atoms with Crippen molar-refractivity contribution in [1.29, 1.82) is 0 Å². The van der Waals surface area contributed by atoms with Crippen LogP contribution >= 0.6 is 0 Å². The van der Waals surface area contributed by atoms with E-state index in [1.807, 2.05) is 35.2 Å². The molecule has 4 heteroatoms. The average Bonchev–Trinajstić information content (AvgIpc) is 2.49. The lowest BCUT2D eigenvalue weighted by Gasteiger charge is -2.26. The first-order valence-corrected chi connectivity index (χ1v) is 7.24. The predicted molar refractivity (Wildman–Crippen MR) is 81.2 cm³/mol. The van der Waals surface area contributed by atoms with Crippen molar-refractivity contribution in [2.75, 3.05) is 26.8 Å². The molecule has 0 spiro atoms. The van der Waals surface area contributed by atoms with Crippen LogP contribution < -0.4 is 5.73 Å². The SMILES string of the molecule is CCCC(CN)C(=O)N(CCOC)Cc1ccccc1. The van der Waals surface area contributed by atoms with E-state index in [1.54, 1.807) is 7.11 Å². The van der Waals surface area contributed by atoms with E-state index in [0.29, 0.717) is 26.2 Å². The minimum absolute atomic E-state index is 0.0828. The van der Waals surface area contributed by atoms with Crippen LogP contribution in [0.1, 0.15) is 25.3 Å². The van der Waals surface area contributed by atoms with Crippen LogP contribution in [0.2, 0.25) is 0 Å². The number of nitrogens with two attached hydrogens (primary N) is 1. The Kier molecular flexibility index (Phi) is 7.92. The van der Waals surface area contributed by atoms with Gasteiger partial charge in [-0.05, 0) is 12.0 Å². The maximum atomic E-state index is 12.6. The molecule has 2 N–H and O–H groups in total. The van der Waals surface area contributed by atoms with Gasteiger partial charge in [0.05, 0.1) is 12.5 Å². The molecule has 0 fully saturated rings. The molecule has 0 aliphatic carbocycles.